The standard InChI is InChI=1S/C22H31N3O2/c26-22-8-2-1-6-20(22)17-25(12-9-22)16-19-5-3-7-21(15-19)27-14-4-11-24-13-10-23-18-24/h3,5,7,10,13,15,18,20,26H,1-2,4,6,8-9,11-12,14,16-17H2/t20-,22-/m0/s1. The maximum Gasteiger partial charge on any atom is 0.119 e. The number of likely N-dealkylation sites (tertiary alicyclic amines) is 1. The average Bonchev–Trinajstić information content (AvgIpc) is 3.19. The summed E-state index contributed by atoms with van der Waals surface area (Å²) in [5.41, 5.74) is 0.901. The number of hydrogen-bond acceptors (Lipinski definition) is 4. The van der Waals surface area contributed by atoms with Gasteiger partial charge in [0.1, 0.15) is 5.75 Å². The summed E-state index contributed by atoms with van der Waals surface area (Å²) in [4.78, 5) is 6.56. The molecule has 2 heterocycles. The number of imidazole rings is 1. The molecule has 1 aromatic heterocycles. The Morgan fingerprint density at radius 2 is 2.22 bits per heavy atom. The van der Waals surface area contributed by atoms with Gasteiger partial charge in [-0.15, -0.1) is 0 Å². The normalized spacial score (nSPS) is 25.9. The van der Waals surface area contributed by atoms with Gasteiger partial charge in [-0.1, -0.05) is 25.0 Å². The Morgan fingerprint density at radius 3 is 3.11 bits per heavy atom. The van der Waals surface area contributed by atoms with Gasteiger partial charge in [0.25, 0.3) is 0 Å². The number of hydrogen-bond donors (Lipinski definition) is 1. The van der Waals surface area contributed by atoms with Crippen LogP contribution in [0.1, 0.15) is 44.1 Å². The van der Waals surface area contributed by atoms with Crippen LogP contribution in [-0.4, -0.2) is 44.9 Å². The van der Waals surface area contributed by atoms with Crippen molar-refractivity contribution in [2.24, 2.45) is 5.92 Å². The molecule has 4 rings (SSSR count). The van der Waals surface area contributed by atoms with Gasteiger partial charge >= 0.3 is 0 Å². The number of aromatic nitrogens is 2. The number of piperidine rings is 1. The van der Waals surface area contributed by atoms with Crippen LogP contribution < -0.4 is 4.74 Å². The van der Waals surface area contributed by atoms with Crippen molar-refractivity contribution in [1.29, 1.82) is 0 Å². The SMILES string of the molecule is O[C@]12CCCC[C@H]1CN(Cc1cccc(OCCCn3ccnc3)c1)CC2. The highest BCUT2D eigenvalue weighted by molar-refractivity contribution is 5.28. The average molecular weight is 370 g/mol. The minimum Gasteiger partial charge on any atom is -0.494 e. The number of ether oxygens (including phenoxy) is 1. The summed E-state index contributed by atoms with van der Waals surface area (Å²) >= 11 is 0. The molecule has 1 N–H and O–H groups in total. The van der Waals surface area contributed by atoms with Crippen LogP contribution in [0.3, 0.4) is 0 Å². The Hall–Kier alpha value is -1.85. The molecule has 2 aromatic rings. The first-order valence-corrected chi connectivity index (χ1v) is 10.3. The summed E-state index contributed by atoms with van der Waals surface area (Å²) in [5, 5.41) is 10.9. The Bertz CT molecular complexity index is 718. The summed E-state index contributed by atoms with van der Waals surface area (Å²) < 4.78 is 8.02. The topological polar surface area (TPSA) is 50.5 Å². The van der Waals surface area contributed by atoms with Crippen LogP contribution in [0.15, 0.2) is 43.0 Å². The second kappa shape index (κ2) is 8.44. The quantitative estimate of drug-likeness (QED) is 0.759. The zero-order valence-corrected chi connectivity index (χ0v) is 16.1. The molecule has 2 fully saturated rings. The molecule has 5 nitrogen and oxygen atoms in total. The van der Waals surface area contributed by atoms with Crippen molar-refractivity contribution in [3.05, 3.63) is 48.5 Å². The molecule has 1 saturated carbocycles. The Kier molecular flexibility index (Phi) is 5.79. The summed E-state index contributed by atoms with van der Waals surface area (Å²) in [6.45, 7) is 4.59. The summed E-state index contributed by atoms with van der Waals surface area (Å²) in [5.74, 6) is 1.40. The van der Waals surface area contributed by atoms with Crippen LogP contribution in [-0.2, 0) is 13.1 Å². The lowest BCUT2D eigenvalue weighted by Gasteiger charge is -2.47. The van der Waals surface area contributed by atoms with Crippen LogP contribution >= 0.6 is 0 Å². The van der Waals surface area contributed by atoms with Crippen molar-refractivity contribution in [3.8, 4) is 5.75 Å². The van der Waals surface area contributed by atoms with Gasteiger partial charge in [-0.05, 0) is 43.4 Å². The largest absolute Gasteiger partial charge is 0.494 e. The lowest BCUT2D eigenvalue weighted by molar-refractivity contribution is -0.0967. The molecule has 5 heteroatoms. The summed E-state index contributed by atoms with van der Waals surface area (Å²) in [6, 6.07) is 8.47. The maximum atomic E-state index is 10.9. The van der Waals surface area contributed by atoms with E-state index in [0.29, 0.717) is 12.5 Å². The van der Waals surface area contributed by atoms with E-state index in [1.807, 2.05) is 18.6 Å². The molecule has 2 atom stereocenters. The van der Waals surface area contributed by atoms with E-state index < -0.39 is 5.60 Å². The molecule has 1 aliphatic carbocycles. The van der Waals surface area contributed by atoms with E-state index in [1.54, 1.807) is 6.20 Å². The van der Waals surface area contributed by atoms with Gasteiger partial charge in [0.2, 0.25) is 0 Å². The van der Waals surface area contributed by atoms with Gasteiger partial charge in [-0.3, -0.25) is 4.90 Å². The molecule has 146 valence electrons. The second-order valence-corrected chi connectivity index (χ2v) is 8.18. The van der Waals surface area contributed by atoms with Crippen LogP contribution in [0.4, 0.5) is 0 Å². The molecule has 0 bridgehead atoms. The minimum absolute atomic E-state index is 0.394. The molecule has 1 saturated heterocycles. The second-order valence-electron chi connectivity index (χ2n) is 8.18. The van der Waals surface area contributed by atoms with Crippen molar-refractivity contribution < 1.29 is 9.84 Å². The summed E-state index contributed by atoms with van der Waals surface area (Å²) in [6.07, 6.45) is 12.1. The Labute approximate surface area is 162 Å². The van der Waals surface area contributed by atoms with E-state index in [1.165, 1.54) is 24.8 Å². The number of nitrogens with zero attached hydrogens (tertiary/aromatic N) is 3. The van der Waals surface area contributed by atoms with E-state index in [4.69, 9.17) is 4.74 Å². The molecular weight excluding hydrogens is 338 g/mol. The predicted octanol–water partition coefficient (Wildman–Crippen LogP) is 3.48. The zero-order valence-electron chi connectivity index (χ0n) is 16.1. The van der Waals surface area contributed by atoms with Crippen molar-refractivity contribution in [3.63, 3.8) is 0 Å². The molecule has 1 aliphatic heterocycles. The van der Waals surface area contributed by atoms with Crippen LogP contribution in [0.2, 0.25) is 0 Å². The van der Waals surface area contributed by atoms with E-state index >= 15 is 0 Å². The highest BCUT2D eigenvalue weighted by Gasteiger charge is 2.42. The number of benzene rings is 1. The summed E-state index contributed by atoms with van der Waals surface area (Å²) in [7, 11) is 0. The van der Waals surface area contributed by atoms with Crippen LogP contribution in [0.25, 0.3) is 0 Å². The fourth-order valence-corrected chi connectivity index (χ4v) is 4.63. The maximum absolute atomic E-state index is 10.9. The lowest BCUT2D eigenvalue weighted by Crippen LogP contribution is -2.52. The van der Waals surface area contributed by atoms with Crippen molar-refractivity contribution in [2.75, 3.05) is 19.7 Å². The van der Waals surface area contributed by atoms with Gasteiger partial charge in [0.15, 0.2) is 0 Å². The molecular formula is C22H31N3O2. The molecule has 1 aromatic carbocycles. The van der Waals surface area contributed by atoms with Gasteiger partial charge in [-0.25, -0.2) is 4.98 Å². The molecule has 0 amide bonds. The fourth-order valence-electron chi connectivity index (χ4n) is 4.63. The van der Waals surface area contributed by atoms with Crippen LogP contribution in [0, 0.1) is 5.92 Å². The van der Waals surface area contributed by atoms with E-state index in [-0.39, 0.29) is 0 Å². The van der Waals surface area contributed by atoms with E-state index in [0.717, 1.165) is 51.2 Å². The molecule has 2 aliphatic rings. The highest BCUT2D eigenvalue weighted by Crippen LogP contribution is 2.40. The molecule has 0 spiro atoms. The van der Waals surface area contributed by atoms with Crippen molar-refractivity contribution in [2.45, 2.75) is 57.2 Å². The minimum atomic E-state index is -0.394. The van der Waals surface area contributed by atoms with Gasteiger partial charge in [-0.2, -0.15) is 0 Å². The smallest absolute Gasteiger partial charge is 0.119 e. The third-order valence-corrected chi connectivity index (χ3v) is 6.20. The highest BCUT2D eigenvalue weighted by atomic mass is 16.5. The monoisotopic (exact) mass is 369 g/mol. The predicted molar refractivity (Wildman–Crippen MR) is 106 cm³/mol. The van der Waals surface area contributed by atoms with Crippen molar-refractivity contribution >= 4 is 0 Å². The molecule has 27 heavy (non-hydrogen) atoms. The Balaban J connectivity index is 1.26. The molecule has 0 radical (unpaired) electrons. The lowest BCUT2D eigenvalue weighted by atomic mass is 9.71. The zero-order chi connectivity index (χ0) is 18.5. The van der Waals surface area contributed by atoms with Crippen LogP contribution in [0.5, 0.6) is 5.75 Å². The first-order chi connectivity index (χ1) is 13.2. The van der Waals surface area contributed by atoms with Gasteiger partial charge in [0.05, 0.1) is 18.5 Å². The number of fused-ring (bicyclic) bond motifs is 1. The fraction of sp³-hybridized carbons (Fsp3) is 0.591. The third-order valence-electron chi connectivity index (χ3n) is 6.20. The third kappa shape index (κ3) is 4.71. The van der Waals surface area contributed by atoms with E-state index in [2.05, 4.69) is 32.7 Å². The van der Waals surface area contributed by atoms with E-state index in [9.17, 15) is 5.11 Å². The number of aliphatic hydroxyl groups is 1. The van der Waals surface area contributed by atoms with Gasteiger partial charge in [0, 0.05) is 44.5 Å². The number of rotatable bonds is 7. The molecule has 0 unspecified atom stereocenters. The Morgan fingerprint density at radius 1 is 1.26 bits per heavy atom. The van der Waals surface area contributed by atoms with Gasteiger partial charge < -0.3 is 14.4 Å². The van der Waals surface area contributed by atoms with Crippen molar-refractivity contribution in [1.82, 2.24) is 14.5 Å². The number of aryl methyl sites for hydroxylation is 1. The first-order valence-electron chi connectivity index (χ1n) is 10.3. The first kappa shape index (κ1) is 18.5.